The zero-order chi connectivity index (χ0) is 11.8. The topological polar surface area (TPSA) is 47.3 Å². The number of phenolic OH excluding ortho intramolecular Hbond substituents is 1. The zero-order valence-corrected chi connectivity index (χ0v) is 9.89. The number of ether oxygens (including phenoxy) is 1. The van der Waals surface area contributed by atoms with Gasteiger partial charge in [0, 0.05) is 12.0 Å². The first-order chi connectivity index (χ1) is 8.25. The van der Waals surface area contributed by atoms with Gasteiger partial charge in [-0.15, -0.1) is 0 Å². The van der Waals surface area contributed by atoms with Crippen LogP contribution >= 0.6 is 0 Å². The number of aromatic nitrogens is 2. The Bertz CT molecular complexity index is 542. The van der Waals surface area contributed by atoms with Crippen molar-refractivity contribution >= 4 is 10.9 Å². The van der Waals surface area contributed by atoms with Crippen molar-refractivity contribution in [3.63, 3.8) is 0 Å². The first-order valence-electron chi connectivity index (χ1n) is 6.04. The van der Waals surface area contributed by atoms with Crippen molar-refractivity contribution in [2.45, 2.75) is 32.4 Å². The Morgan fingerprint density at radius 1 is 1.41 bits per heavy atom. The van der Waals surface area contributed by atoms with Gasteiger partial charge in [0.15, 0.2) is 6.23 Å². The summed E-state index contributed by atoms with van der Waals surface area (Å²) < 4.78 is 7.67. The van der Waals surface area contributed by atoms with Gasteiger partial charge in [-0.05, 0) is 43.9 Å². The standard InChI is InChI=1S/C13H16N2O2/c1-9-6-11-10(7-12(9)16)8-14-15(11)13-4-2-3-5-17-13/h6-8,13,16H,2-5H2,1H3. The van der Waals surface area contributed by atoms with Crippen LogP contribution in [0, 0.1) is 6.92 Å². The lowest BCUT2D eigenvalue weighted by Crippen LogP contribution is -2.18. The molecule has 90 valence electrons. The molecule has 4 nitrogen and oxygen atoms in total. The van der Waals surface area contributed by atoms with E-state index in [1.165, 1.54) is 6.42 Å². The molecule has 1 saturated heterocycles. The average Bonchev–Trinajstić information content (AvgIpc) is 2.74. The van der Waals surface area contributed by atoms with Crippen LogP contribution < -0.4 is 0 Å². The maximum Gasteiger partial charge on any atom is 0.150 e. The van der Waals surface area contributed by atoms with E-state index in [0.29, 0.717) is 5.75 Å². The smallest absolute Gasteiger partial charge is 0.150 e. The summed E-state index contributed by atoms with van der Waals surface area (Å²) in [5.74, 6) is 0.321. The van der Waals surface area contributed by atoms with E-state index >= 15 is 0 Å². The third-order valence-electron chi connectivity index (χ3n) is 3.34. The molecule has 0 radical (unpaired) electrons. The van der Waals surface area contributed by atoms with E-state index in [4.69, 9.17) is 4.74 Å². The first-order valence-corrected chi connectivity index (χ1v) is 6.04. The van der Waals surface area contributed by atoms with Crippen LogP contribution in [0.5, 0.6) is 5.75 Å². The molecule has 0 spiro atoms. The van der Waals surface area contributed by atoms with Crippen LogP contribution in [0.25, 0.3) is 10.9 Å². The van der Waals surface area contributed by atoms with E-state index in [-0.39, 0.29) is 6.23 Å². The average molecular weight is 232 g/mol. The predicted octanol–water partition coefficient (Wildman–Crippen LogP) is 2.75. The minimum absolute atomic E-state index is 0.0465. The molecule has 0 aliphatic carbocycles. The second-order valence-electron chi connectivity index (χ2n) is 4.61. The van der Waals surface area contributed by atoms with Gasteiger partial charge in [0.25, 0.3) is 0 Å². The molecule has 3 rings (SSSR count). The number of rotatable bonds is 1. The Hall–Kier alpha value is -1.55. The van der Waals surface area contributed by atoms with Crippen LogP contribution in [0.3, 0.4) is 0 Å². The number of hydrogen-bond donors (Lipinski definition) is 1. The lowest BCUT2D eigenvalue weighted by Gasteiger charge is -2.23. The summed E-state index contributed by atoms with van der Waals surface area (Å²) in [5, 5.41) is 15.0. The zero-order valence-electron chi connectivity index (χ0n) is 9.89. The predicted molar refractivity (Wildman–Crippen MR) is 65.0 cm³/mol. The van der Waals surface area contributed by atoms with Crippen molar-refractivity contribution < 1.29 is 9.84 Å². The van der Waals surface area contributed by atoms with Crippen LogP contribution in [-0.2, 0) is 4.74 Å². The van der Waals surface area contributed by atoms with E-state index in [9.17, 15) is 5.11 Å². The maximum atomic E-state index is 9.67. The molecule has 1 N–H and O–H groups in total. The molecule has 2 heterocycles. The van der Waals surface area contributed by atoms with Crippen LogP contribution in [0.2, 0.25) is 0 Å². The van der Waals surface area contributed by atoms with E-state index in [1.54, 1.807) is 12.3 Å². The number of benzene rings is 1. The van der Waals surface area contributed by atoms with Crippen molar-refractivity contribution in [3.8, 4) is 5.75 Å². The van der Waals surface area contributed by atoms with Crippen molar-refractivity contribution in [1.29, 1.82) is 0 Å². The molecule has 0 saturated carbocycles. The second-order valence-corrected chi connectivity index (χ2v) is 4.61. The number of aryl methyl sites for hydroxylation is 1. The largest absolute Gasteiger partial charge is 0.508 e. The molecule has 2 aromatic rings. The molecule has 17 heavy (non-hydrogen) atoms. The van der Waals surface area contributed by atoms with Crippen molar-refractivity contribution in [2.75, 3.05) is 6.61 Å². The molecule has 0 amide bonds. The van der Waals surface area contributed by atoms with Gasteiger partial charge in [0.05, 0.1) is 11.7 Å². The van der Waals surface area contributed by atoms with Gasteiger partial charge < -0.3 is 9.84 Å². The summed E-state index contributed by atoms with van der Waals surface area (Å²) in [6.07, 6.45) is 5.16. The van der Waals surface area contributed by atoms with Gasteiger partial charge in [-0.3, -0.25) is 0 Å². The molecule has 0 bridgehead atoms. The number of hydrogen-bond acceptors (Lipinski definition) is 3. The number of phenols is 1. The fourth-order valence-corrected chi connectivity index (χ4v) is 2.33. The van der Waals surface area contributed by atoms with Gasteiger partial charge in [0.1, 0.15) is 5.75 Å². The summed E-state index contributed by atoms with van der Waals surface area (Å²) in [6.45, 7) is 2.71. The lowest BCUT2D eigenvalue weighted by molar-refractivity contribution is -0.0366. The minimum atomic E-state index is 0.0465. The number of nitrogens with zero attached hydrogens (tertiary/aromatic N) is 2. The highest BCUT2D eigenvalue weighted by Gasteiger charge is 2.18. The maximum absolute atomic E-state index is 9.67. The SMILES string of the molecule is Cc1cc2c(cnn2C2CCCCO2)cc1O. The summed E-state index contributed by atoms with van der Waals surface area (Å²) in [5.41, 5.74) is 1.90. The normalized spacial score (nSPS) is 20.9. The molecule has 1 aromatic heterocycles. The van der Waals surface area contributed by atoms with Gasteiger partial charge in [0.2, 0.25) is 0 Å². The Morgan fingerprint density at radius 2 is 2.29 bits per heavy atom. The molecular formula is C13H16N2O2. The highest BCUT2D eigenvalue weighted by atomic mass is 16.5. The Morgan fingerprint density at radius 3 is 3.06 bits per heavy atom. The Labute approximate surface area is 99.8 Å². The van der Waals surface area contributed by atoms with Crippen LogP contribution in [0.4, 0.5) is 0 Å². The molecule has 1 atom stereocenters. The second kappa shape index (κ2) is 4.04. The van der Waals surface area contributed by atoms with Gasteiger partial charge in [-0.25, -0.2) is 4.68 Å². The quantitative estimate of drug-likeness (QED) is 0.822. The fraction of sp³-hybridized carbons (Fsp3) is 0.462. The van der Waals surface area contributed by atoms with E-state index in [0.717, 1.165) is 35.9 Å². The third kappa shape index (κ3) is 1.78. The summed E-state index contributed by atoms with van der Waals surface area (Å²) >= 11 is 0. The Kier molecular flexibility index (Phi) is 2.52. The molecule has 1 aliphatic rings. The molecule has 1 aromatic carbocycles. The van der Waals surface area contributed by atoms with Crippen LogP contribution in [0.1, 0.15) is 31.1 Å². The highest BCUT2D eigenvalue weighted by molar-refractivity contribution is 5.81. The van der Waals surface area contributed by atoms with Crippen LogP contribution in [-0.4, -0.2) is 21.5 Å². The summed E-state index contributed by atoms with van der Waals surface area (Å²) in [4.78, 5) is 0. The lowest BCUT2D eigenvalue weighted by atomic mass is 10.1. The monoisotopic (exact) mass is 232 g/mol. The van der Waals surface area contributed by atoms with Crippen molar-refractivity contribution in [2.24, 2.45) is 0 Å². The van der Waals surface area contributed by atoms with Crippen molar-refractivity contribution in [1.82, 2.24) is 9.78 Å². The third-order valence-corrected chi connectivity index (χ3v) is 3.34. The van der Waals surface area contributed by atoms with Gasteiger partial charge in [-0.2, -0.15) is 5.10 Å². The summed E-state index contributed by atoms with van der Waals surface area (Å²) in [6, 6.07) is 3.73. The van der Waals surface area contributed by atoms with E-state index < -0.39 is 0 Å². The molecule has 1 fully saturated rings. The highest BCUT2D eigenvalue weighted by Crippen LogP contribution is 2.29. The van der Waals surface area contributed by atoms with E-state index in [1.807, 2.05) is 17.7 Å². The Balaban J connectivity index is 2.07. The van der Waals surface area contributed by atoms with E-state index in [2.05, 4.69) is 5.10 Å². The van der Waals surface area contributed by atoms with Gasteiger partial charge >= 0.3 is 0 Å². The van der Waals surface area contributed by atoms with Gasteiger partial charge in [-0.1, -0.05) is 0 Å². The number of aromatic hydroxyl groups is 1. The summed E-state index contributed by atoms with van der Waals surface area (Å²) in [7, 11) is 0. The van der Waals surface area contributed by atoms with Crippen LogP contribution in [0.15, 0.2) is 18.3 Å². The minimum Gasteiger partial charge on any atom is -0.508 e. The fourth-order valence-electron chi connectivity index (χ4n) is 2.33. The van der Waals surface area contributed by atoms with Crippen molar-refractivity contribution in [3.05, 3.63) is 23.9 Å². The molecule has 1 unspecified atom stereocenters. The first kappa shape index (κ1) is 10.6. The molecular weight excluding hydrogens is 216 g/mol. The number of fused-ring (bicyclic) bond motifs is 1. The molecule has 1 aliphatic heterocycles. The molecule has 4 heteroatoms.